The topological polar surface area (TPSA) is 107 Å². The highest BCUT2D eigenvalue weighted by atomic mass is 32.2. The van der Waals surface area contributed by atoms with Crippen molar-refractivity contribution in [2.45, 2.75) is 6.54 Å². The van der Waals surface area contributed by atoms with Gasteiger partial charge in [0.25, 0.3) is 16.8 Å². The van der Waals surface area contributed by atoms with Crippen LogP contribution in [0.25, 0.3) is 6.08 Å². The van der Waals surface area contributed by atoms with Crippen LogP contribution in [0, 0.1) is 10.1 Å². The van der Waals surface area contributed by atoms with Gasteiger partial charge < -0.3 is 4.74 Å². The van der Waals surface area contributed by atoms with Crippen LogP contribution in [0.4, 0.5) is 10.5 Å². The monoisotopic (exact) mass is 460 g/mol. The van der Waals surface area contributed by atoms with Crippen molar-refractivity contribution in [2.75, 3.05) is 0 Å². The van der Waals surface area contributed by atoms with Crippen LogP contribution in [-0.4, -0.2) is 26.9 Å². The molecular formula is C24H16N2O6S. The summed E-state index contributed by atoms with van der Waals surface area (Å²) in [7, 11) is 0. The van der Waals surface area contributed by atoms with Crippen molar-refractivity contribution in [1.29, 1.82) is 0 Å². The Kier molecular flexibility index (Phi) is 6.32. The van der Waals surface area contributed by atoms with Gasteiger partial charge in [0.05, 0.1) is 21.9 Å². The molecule has 33 heavy (non-hydrogen) atoms. The first-order valence-corrected chi connectivity index (χ1v) is 10.6. The fraction of sp³-hybridized carbons (Fsp3) is 0.0417. The van der Waals surface area contributed by atoms with Crippen LogP contribution < -0.4 is 4.74 Å². The predicted molar refractivity (Wildman–Crippen MR) is 122 cm³/mol. The summed E-state index contributed by atoms with van der Waals surface area (Å²) in [5.41, 5.74) is 1.46. The normalized spacial score (nSPS) is 14.5. The summed E-state index contributed by atoms with van der Waals surface area (Å²) in [6, 6.07) is 20.8. The number of imide groups is 1. The number of nitro groups is 1. The number of hydrogen-bond donors (Lipinski definition) is 0. The van der Waals surface area contributed by atoms with Crippen molar-refractivity contribution in [3.8, 4) is 5.75 Å². The highest BCUT2D eigenvalue weighted by molar-refractivity contribution is 8.18. The van der Waals surface area contributed by atoms with E-state index in [0.717, 1.165) is 17.3 Å². The van der Waals surface area contributed by atoms with Gasteiger partial charge in [-0.2, -0.15) is 0 Å². The second kappa shape index (κ2) is 9.49. The maximum absolute atomic E-state index is 12.7. The van der Waals surface area contributed by atoms with Gasteiger partial charge >= 0.3 is 5.97 Å². The molecule has 4 rings (SSSR count). The van der Waals surface area contributed by atoms with E-state index >= 15 is 0 Å². The van der Waals surface area contributed by atoms with E-state index in [1.165, 1.54) is 29.2 Å². The third-order valence-corrected chi connectivity index (χ3v) is 5.64. The maximum Gasteiger partial charge on any atom is 0.343 e. The molecule has 0 N–H and O–H groups in total. The van der Waals surface area contributed by atoms with Crippen LogP contribution in [-0.2, 0) is 11.3 Å². The number of rotatable bonds is 6. The standard InChI is InChI=1S/C24H16N2O6S/c27-22-21(33-24(29)25(22)15-16-5-2-1-3-6-16)14-17-7-4-8-20(13-17)32-23(28)18-9-11-19(12-10-18)26(30)31/h1-14H,15H2/b21-14-. The number of benzene rings is 3. The van der Waals surface area contributed by atoms with Crippen molar-refractivity contribution in [1.82, 2.24) is 4.90 Å². The van der Waals surface area contributed by atoms with Gasteiger partial charge in [-0.3, -0.25) is 24.6 Å². The molecule has 3 aromatic carbocycles. The molecule has 0 aliphatic carbocycles. The number of nitro benzene ring substituents is 1. The highest BCUT2D eigenvalue weighted by Crippen LogP contribution is 2.33. The fourth-order valence-corrected chi connectivity index (χ4v) is 3.94. The van der Waals surface area contributed by atoms with E-state index in [4.69, 9.17) is 4.74 Å². The largest absolute Gasteiger partial charge is 0.423 e. The molecule has 9 heteroatoms. The number of thioether (sulfide) groups is 1. The van der Waals surface area contributed by atoms with Crippen molar-refractivity contribution in [3.63, 3.8) is 0 Å². The Morgan fingerprint density at radius 3 is 2.42 bits per heavy atom. The first-order valence-electron chi connectivity index (χ1n) is 9.77. The Morgan fingerprint density at radius 2 is 1.73 bits per heavy atom. The summed E-state index contributed by atoms with van der Waals surface area (Å²) in [4.78, 5) is 49.1. The lowest BCUT2D eigenvalue weighted by molar-refractivity contribution is -0.384. The zero-order valence-corrected chi connectivity index (χ0v) is 17.9. The van der Waals surface area contributed by atoms with Gasteiger partial charge in [0.2, 0.25) is 0 Å². The molecule has 1 fully saturated rings. The van der Waals surface area contributed by atoms with E-state index in [2.05, 4.69) is 0 Å². The Balaban J connectivity index is 1.47. The number of nitrogens with zero attached hydrogens (tertiary/aromatic N) is 2. The molecular weight excluding hydrogens is 444 g/mol. The lowest BCUT2D eigenvalue weighted by Gasteiger charge is -2.12. The third kappa shape index (κ3) is 5.16. The van der Waals surface area contributed by atoms with Gasteiger partial charge in [-0.05, 0) is 53.2 Å². The SMILES string of the molecule is O=C(Oc1cccc(/C=C2\SC(=O)N(Cc3ccccc3)C2=O)c1)c1ccc([N+](=O)[O-])cc1. The van der Waals surface area contributed by atoms with Crippen LogP contribution in [0.1, 0.15) is 21.5 Å². The molecule has 0 bridgehead atoms. The van der Waals surface area contributed by atoms with Crippen molar-refractivity contribution < 1.29 is 24.0 Å². The van der Waals surface area contributed by atoms with Gasteiger partial charge in [-0.15, -0.1) is 0 Å². The number of carbonyl (C=O) groups is 3. The van der Waals surface area contributed by atoms with E-state index in [1.54, 1.807) is 30.3 Å². The number of carbonyl (C=O) groups excluding carboxylic acids is 3. The number of ether oxygens (including phenoxy) is 1. The molecule has 8 nitrogen and oxygen atoms in total. The third-order valence-electron chi connectivity index (χ3n) is 4.74. The van der Waals surface area contributed by atoms with Gasteiger partial charge in [0.1, 0.15) is 5.75 Å². The second-order valence-electron chi connectivity index (χ2n) is 7.02. The highest BCUT2D eigenvalue weighted by Gasteiger charge is 2.34. The first-order chi connectivity index (χ1) is 15.9. The zero-order valence-electron chi connectivity index (χ0n) is 17.0. The van der Waals surface area contributed by atoms with Crippen molar-refractivity contribution in [3.05, 3.63) is 111 Å². The van der Waals surface area contributed by atoms with Crippen molar-refractivity contribution >= 4 is 40.6 Å². The maximum atomic E-state index is 12.7. The molecule has 0 spiro atoms. The molecule has 0 saturated carbocycles. The molecule has 2 amide bonds. The van der Waals surface area contributed by atoms with Crippen LogP contribution >= 0.6 is 11.8 Å². The minimum absolute atomic E-state index is 0.130. The summed E-state index contributed by atoms with van der Waals surface area (Å²) < 4.78 is 5.35. The Labute approximate surface area is 192 Å². The van der Waals surface area contributed by atoms with Gasteiger partial charge in [0, 0.05) is 12.1 Å². The lowest BCUT2D eigenvalue weighted by atomic mass is 10.2. The summed E-state index contributed by atoms with van der Waals surface area (Å²) in [6.45, 7) is 0.190. The number of hydrogen-bond acceptors (Lipinski definition) is 7. The molecule has 0 radical (unpaired) electrons. The molecule has 1 aliphatic heterocycles. The summed E-state index contributed by atoms with van der Waals surface area (Å²) in [5.74, 6) is -0.831. The smallest absolute Gasteiger partial charge is 0.343 e. The molecule has 0 unspecified atom stereocenters. The lowest BCUT2D eigenvalue weighted by Crippen LogP contribution is -2.27. The quantitative estimate of drug-likeness (QED) is 0.167. The summed E-state index contributed by atoms with van der Waals surface area (Å²) in [6.07, 6.45) is 1.57. The van der Waals surface area contributed by atoms with E-state index in [-0.39, 0.29) is 39.6 Å². The summed E-state index contributed by atoms with van der Waals surface area (Å²) in [5, 5.41) is 10.4. The van der Waals surface area contributed by atoms with E-state index in [1.807, 2.05) is 30.3 Å². The minimum Gasteiger partial charge on any atom is -0.423 e. The van der Waals surface area contributed by atoms with Gasteiger partial charge in [-0.25, -0.2) is 4.79 Å². The van der Waals surface area contributed by atoms with E-state index in [0.29, 0.717) is 5.56 Å². The van der Waals surface area contributed by atoms with Crippen LogP contribution in [0.3, 0.4) is 0 Å². The molecule has 0 aromatic heterocycles. The van der Waals surface area contributed by atoms with Crippen LogP contribution in [0.2, 0.25) is 0 Å². The first kappa shape index (κ1) is 22.0. The average Bonchev–Trinajstić information content (AvgIpc) is 3.07. The van der Waals surface area contributed by atoms with Crippen LogP contribution in [0.15, 0.2) is 83.8 Å². The molecule has 1 saturated heterocycles. The van der Waals surface area contributed by atoms with Gasteiger partial charge in [0.15, 0.2) is 0 Å². The molecule has 1 heterocycles. The molecule has 164 valence electrons. The fourth-order valence-electron chi connectivity index (χ4n) is 3.11. The number of amides is 2. The zero-order chi connectivity index (χ0) is 23.4. The van der Waals surface area contributed by atoms with Crippen molar-refractivity contribution in [2.24, 2.45) is 0 Å². The van der Waals surface area contributed by atoms with Crippen LogP contribution in [0.5, 0.6) is 5.75 Å². The Morgan fingerprint density at radius 1 is 1.00 bits per heavy atom. The second-order valence-corrected chi connectivity index (χ2v) is 8.01. The van der Waals surface area contributed by atoms with E-state index in [9.17, 15) is 24.5 Å². The minimum atomic E-state index is -0.676. The molecule has 3 aromatic rings. The Bertz CT molecular complexity index is 1270. The summed E-state index contributed by atoms with van der Waals surface area (Å²) >= 11 is 0.852. The molecule has 1 aliphatic rings. The number of esters is 1. The predicted octanol–water partition coefficient (Wildman–Crippen LogP) is 5.05. The Hall–Kier alpha value is -4.24. The number of non-ortho nitro benzene ring substituents is 1. The molecule has 0 atom stereocenters. The van der Waals surface area contributed by atoms with E-state index < -0.39 is 10.9 Å². The average molecular weight is 460 g/mol. The van der Waals surface area contributed by atoms with Gasteiger partial charge in [-0.1, -0.05) is 42.5 Å².